The van der Waals surface area contributed by atoms with Gasteiger partial charge in [-0.3, -0.25) is 4.79 Å². The molecule has 1 aliphatic rings. The van der Waals surface area contributed by atoms with E-state index < -0.39 is 11.9 Å². The summed E-state index contributed by atoms with van der Waals surface area (Å²) in [4.78, 5) is 18.6. The van der Waals surface area contributed by atoms with Crippen molar-refractivity contribution in [1.29, 1.82) is 5.26 Å². The number of fused-ring (bicyclic) bond motifs is 1. The van der Waals surface area contributed by atoms with Gasteiger partial charge in [0, 0.05) is 30.2 Å². The number of alkyl halides is 3. The number of amides is 1. The first-order valence-electron chi connectivity index (χ1n) is 10.3. The van der Waals surface area contributed by atoms with E-state index in [1.54, 1.807) is 35.7 Å². The molecule has 0 bridgehead atoms. The lowest BCUT2D eigenvalue weighted by Crippen LogP contribution is -2.43. The summed E-state index contributed by atoms with van der Waals surface area (Å²) in [5.74, 6) is -0.247. The summed E-state index contributed by atoms with van der Waals surface area (Å²) < 4.78 is 40.2. The maximum Gasteiger partial charge on any atom is 0.433 e. The van der Waals surface area contributed by atoms with Gasteiger partial charge >= 0.3 is 6.18 Å². The van der Waals surface area contributed by atoms with E-state index in [0.717, 1.165) is 18.9 Å². The van der Waals surface area contributed by atoms with E-state index in [0.29, 0.717) is 39.9 Å². The Labute approximate surface area is 187 Å². The second-order valence-electron chi connectivity index (χ2n) is 7.91. The van der Waals surface area contributed by atoms with Gasteiger partial charge in [-0.2, -0.15) is 18.4 Å². The van der Waals surface area contributed by atoms with Gasteiger partial charge in [0.05, 0.1) is 11.1 Å². The molecule has 2 aromatic heterocycles. The predicted octanol–water partition coefficient (Wildman–Crippen LogP) is 5.36. The van der Waals surface area contributed by atoms with Crippen LogP contribution in [0.25, 0.3) is 10.9 Å². The van der Waals surface area contributed by atoms with Gasteiger partial charge in [0.15, 0.2) is 0 Å². The highest BCUT2D eigenvalue weighted by Crippen LogP contribution is 2.36. The Balaban J connectivity index is 1.48. The molecule has 1 saturated carbocycles. The number of benzene rings is 1. The number of hydrogen-bond acceptors (Lipinski definition) is 5. The predicted molar refractivity (Wildman–Crippen MR) is 118 cm³/mol. The molecule has 2 heterocycles. The second-order valence-corrected chi connectivity index (χ2v) is 8.82. The molecule has 166 valence electrons. The smallest absolute Gasteiger partial charge is 0.371 e. The number of aromatic nitrogens is 1. The van der Waals surface area contributed by atoms with Crippen LogP contribution < -0.4 is 10.2 Å². The summed E-state index contributed by atoms with van der Waals surface area (Å²) in [5, 5.41) is 14.5. The van der Waals surface area contributed by atoms with Gasteiger partial charge in [-0.1, -0.05) is 18.2 Å². The molecule has 1 N–H and O–H groups in total. The average Bonchev–Trinajstić information content (AvgIpc) is 3.27. The Bertz CT molecular complexity index is 1180. The number of para-hydroxylation sites is 1. The monoisotopic (exact) mass is 458 g/mol. The van der Waals surface area contributed by atoms with E-state index in [-0.39, 0.29) is 18.0 Å². The fraction of sp³-hybridized carbons (Fsp3) is 0.348. The molecule has 1 amide bonds. The van der Waals surface area contributed by atoms with E-state index >= 15 is 0 Å². The van der Waals surface area contributed by atoms with Gasteiger partial charge in [-0.15, -0.1) is 11.3 Å². The van der Waals surface area contributed by atoms with Crippen LogP contribution in [-0.4, -0.2) is 30.0 Å². The van der Waals surface area contributed by atoms with Crippen molar-refractivity contribution in [2.45, 2.75) is 43.9 Å². The first-order valence-corrected chi connectivity index (χ1v) is 11.1. The van der Waals surface area contributed by atoms with Gasteiger partial charge in [0.2, 0.25) is 0 Å². The van der Waals surface area contributed by atoms with Crippen LogP contribution in [0.5, 0.6) is 0 Å². The van der Waals surface area contributed by atoms with Crippen LogP contribution in [0.3, 0.4) is 0 Å². The van der Waals surface area contributed by atoms with Crippen molar-refractivity contribution in [3.8, 4) is 6.07 Å². The van der Waals surface area contributed by atoms with Crippen molar-refractivity contribution < 1.29 is 18.0 Å². The Morgan fingerprint density at radius 3 is 2.62 bits per heavy atom. The zero-order chi connectivity index (χ0) is 22.9. The number of pyridine rings is 1. The summed E-state index contributed by atoms with van der Waals surface area (Å²) in [6, 6.07) is 11.6. The Morgan fingerprint density at radius 1 is 1.22 bits per heavy atom. The van der Waals surface area contributed by atoms with Crippen LogP contribution in [0.15, 0.2) is 41.8 Å². The molecule has 5 nitrogen and oxygen atoms in total. The topological polar surface area (TPSA) is 69.0 Å². The highest BCUT2D eigenvalue weighted by atomic mass is 32.1. The van der Waals surface area contributed by atoms with Gasteiger partial charge in [-0.05, 0) is 49.3 Å². The molecular weight excluding hydrogens is 437 g/mol. The van der Waals surface area contributed by atoms with Crippen LogP contribution in [0, 0.1) is 11.3 Å². The third-order valence-corrected chi connectivity index (χ3v) is 6.85. The first-order chi connectivity index (χ1) is 15.3. The molecule has 0 unspecified atom stereocenters. The third kappa shape index (κ3) is 4.41. The van der Waals surface area contributed by atoms with E-state index in [2.05, 4.69) is 10.3 Å². The Hall–Kier alpha value is -3.12. The number of halogens is 3. The summed E-state index contributed by atoms with van der Waals surface area (Å²) in [7, 11) is 1.82. The maximum absolute atomic E-state index is 13.4. The highest BCUT2D eigenvalue weighted by Gasteiger charge is 2.34. The van der Waals surface area contributed by atoms with E-state index in [1.807, 2.05) is 18.0 Å². The van der Waals surface area contributed by atoms with Crippen molar-refractivity contribution in [1.82, 2.24) is 10.3 Å². The zero-order valence-electron chi connectivity index (χ0n) is 17.3. The quantitative estimate of drug-likeness (QED) is 0.571. The molecule has 0 atom stereocenters. The van der Waals surface area contributed by atoms with E-state index in [9.17, 15) is 18.0 Å². The number of nitrogens with one attached hydrogen (secondary N) is 1. The largest absolute Gasteiger partial charge is 0.433 e. The summed E-state index contributed by atoms with van der Waals surface area (Å²) in [5.41, 5.74) is 0.288. The molecule has 0 spiro atoms. The fourth-order valence-electron chi connectivity index (χ4n) is 4.22. The standard InChI is InChI=1S/C23H21F3N4OS/c1-30(19-12-20(23(24,25)26)29-18-5-3-2-4-17(18)19)16-8-6-15(7-9-16)28-22(31)21-14(13-27)10-11-32-21/h2-5,10-12,15-16H,6-9H2,1H3,(H,28,31)/t15-,16+. The zero-order valence-corrected chi connectivity index (χ0v) is 18.1. The molecule has 4 rings (SSSR count). The van der Waals surface area contributed by atoms with E-state index in [4.69, 9.17) is 5.26 Å². The van der Waals surface area contributed by atoms with Gasteiger partial charge in [0.1, 0.15) is 16.6 Å². The minimum atomic E-state index is -4.52. The van der Waals surface area contributed by atoms with Crippen molar-refractivity contribution in [3.63, 3.8) is 0 Å². The van der Waals surface area contributed by atoms with Crippen molar-refractivity contribution in [3.05, 3.63) is 57.9 Å². The SMILES string of the molecule is CN(c1cc(C(F)(F)F)nc2ccccc12)[C@H]1CC[C@@H](NC(=O)c2sccc2C#N)CC1. The molecule has 1 aromatic carbocycles. The number of anilines is 1. The lowest BCUT2D eigenvalue weighted by molar-refractivity contribution is -0.140. The van der Waals surface area contributed by atoms with Crippen molar-refractivity contribution >= 4 is 33.8 Å². The van der Waals surface area contributed by atoms with Crippen LogP contribution >= 0.6 is 11.3 Å². The number of nitrogens with zero attached hydrogens (tertiary/aromatic N) is 3. The summed E-state index contributed by atoms with van der Waals surface area (Å²) >= 11 is 1.24. The average molecular weight is 459 g/mol. The summed E-state index contributed by atoms with van der Waals surface area (Å²) in [6.45, 7) is 0. The number of thiophene rings is 1. The Morgan fingerprint density at radius 2 is 1.94 bits per heavy atom. The maximum atomic E-state index is 13.4. The molecule has 0 aliphatic heterocycles. The lowest BCUT2D eigenvalue weighted by Gasteiger charge is -2.37. The molecule has 0 saturated heterocycles. The fourth-order valence-corrected chi connectivity index (χ4v) is 4.97. The van der Waals surface area contributed by atoms with E-state index in [1.165, 1.54) is 11.3 Å². The molecule has 0 radical (unpaired) electrons. The normalized spacial score (nSPS) is 18.8. The minimum Gasteiger partial charge on any atom is -0.371 e. The van der Waals surface area contributed by atoms with Gasteiger partial charge in [0.25, 0.3) is 5.91 Å². The summed E-state index contributed by atoms with van der Waals surface area (Å²) in [6.07, 6.45) is -1.64. The third-order valence-electron chi connectivity index (χ3n) is 5.94. The van der Waals surface area contributed by atoms with Gasteiger partial charge in [-0.25, -0.2) is 4.98 Å². The minimum absolute atomic E-state index is 0.0271. The number of hydrogen-bond donors (Lipinski definition) is 1. The second kappa shape index (κ2) is 8.79. The van der Waals surface area contributed by atoms with Crippen molar-refractivity contribution in [2.24, 2.45) is 0 Å². The number of carbonyl (C=O) groups is 1. The van der Waals surface area contributed by atoms with Crippen molar-refractivity contribution in [2.75, 3.05) is 11.9 Å². The lowest BCUT2D eigenvalue weighted by atomic mass is 9.89. The first kappa shape index (κ1) is 22.1. The van der Waals surface area contributed by atoms with Crippen LogP contribution in [0.1, 0.15) is 46.6 Å². The highest BCUT2D eigenvalue weighted by molar-refractivity contribution is 7.12. The molecule has 9 heteroatoms. The Kier molecular flexibility index (Phi) is 6.07. The van der Waals surface area contributed by atoms with Gasteiger partial charge < -0.3 is 10.2 Å². The number of carbonyl (C=O) groups excluding carboxylic acids is 1. The molecular formula is C23H21F3N4OS. The molecule has 1 aliphatic carbocycles. The van der Waals surface area contributed by atoms with Crippen LogP contribution in [0.2, 0.25) is 0 Å². The van der Waals surface area contributed by atoms with Crippen LogP contribution in [0.4, 0.5) is 18.9 Å². The molecule has 3 aromatic rings. The number of nitriles is 1. The molecule has 32 heavy (non-hydrogen) atoms. The number of rotatable bonds is 4. The van der Waals surface area contributed by atoms with Crippen LogP contribution in [-0.2, 0) is 6.18 Å². The molecule has 1 fully saturated rings.